The Bertz CT molecular complexity index is 2990. The lowest BCUT2D eigenvalue weighted by Crippen LogP contribution is -2.57. The van der Waals surface area contributed by atoms with E-state index in [9.17, 15) is 19.2 Å². The molecule has 2 aromatic carbocycles. The van der Waals surface area contributed by atoms with Gasteiger partial charge in [-0.25, -0.2) is 9.97 Å². The highest BCUT2D eigenvalue weighted by atomic mass is 35.5. The van der Waals surface area contributed by atoms with E-state index in [2.05, 4.69) is 50.0 Å². The van der Waals surface area contributed by atoms with Gasteiger partial charge < -0.3 is 25.6 Å². The number of hydrogen-bond donors (Lipinski definition) is 3. The van der Waals surface area contributed by atoms with E-state index in [-0.39, 0.29) is 66.5 Å². The number of benzene rings is 2. The van der Waals surface area contributed by atoms with Crippen LogP contribution < -0.4 is 20.7 Å². The van der Waals surface area contributed by atoms with Crippen molar-refractivity contribution in [3.05, 3.63) is 121 Å². The molecule has 3 N–H and O–H groups in total. The van der Waals surface area contributed by atoms with Gasteiger partial charge in [0.05, 0.1) is 51.6 Å². The number of hydrogen-bond acceptors (Lipinski definition) is 12. The van der Waals surface area contributed by atoms with E-state index in [0.717, 1.165) is 60.4 Å². The molecule has 9 rings (SSSR count). The molecule has 0 spiro atoms. The SMILES string of the molecule is CC1=NN=C2C1c1sc(C)c(C)c1C(c1ccc(Cl)cc1)=N[C@H]2CC(=O)NC1CC(Oc2ccc(CCC(=O)N[C@H](C(=O)N3C[C@H](C)C[C@H]3C(=O)N[C@@H](C)c3ccc(-c4scnc4C)cc3)C(C)(C)C)cn2)C1. The quantitative estimate of drug-likeness (QED) is 0.0934. The summed E-state index contributed by atoms with van der Waals surface area (Å²) in [6.07, 6.45) is 4.11. The number of thiophene rings is 1. The van der Waals surface area contributed by atoms with Gasteiger partial charge in [-0.15, -0.1) is 22.7 Å². The summed E-state index contributed by atoms with van der Waals surface area (Å²) in [7, 11) is 0. The van der Waals surface area contributed by atoms with Crippen molar-refractivity contribution in [1.82, 2.24) is 30.8 Å². The fourth-order valence-corrected chi connectivity index (χ4v) is 12.5. The highest BCUT2D eigenvalue weighted by molar-refractivity contribution is 7.13. The Hall–Kier alpha value is -6.10. The summed E-state index contributed by atoms with van der Waals surface area (Å²) < 4.78 is 6.18. The molecule has 382 valence electrons. The van der Waals surface area contributed by atoms with Crippen molar-refractivity contribution in [3.63, 3.8) is 0 Å². The molecule has 14 nitrogen and oxygen atoms in total. The summed E-state index contributed by atoms with van der Waals surface area (Å²) in [4.78, 5) is 74.7. The van der Waals surface area contributed by atoms with E-state index in [1.165, 1.54) is 10.4 Å². The number of amides is 4. The van der Waals surface area contributed by atoms with E-state index in [1.54, 1.807) is 39.8 Å². The zero-order valence-electron chi connectivity index (χ0n) is 42.9. The number of ether oxygens (including phenoxy) is 1. The number of carbonyl (C=O) groups excluding carboxylic acids is 4. The van der Waals surface area contributed by atoms with Crippen LogP contribution in [0.25, 0.3) is 10.4 Å². The van der Waals surface area contributed by atoms with Gasteiger partial charge in [-0.1, -0.05) is 81.8 Å². The molecule has 4 aliphatic rings. The summed E-state index contributed by atoms with van der Waals surface area (Å²) in [6.45, 7) is 18.4. The summed E-state index contributed by atoms with van der Waals surface area (Å²) in [5, 5.41) is 19.1. The summed E-state index contributed by atoms with van der Waals surface area (Å²) >= 11 is 9.62. The normalized spacial score (nSPS) is 22.1. The number of fused-ring (bicyclic) bond motifs is 3. The van der Waals surface area contributed by atoms with Crippen molar-refractivity contribution < 1.29 is 23.9 Å². The van der Waals surface area contributed by atoms with Crippen LogP contribution in [0.3, 0.4) is 0 Å². The van der Waals surface area contributed by atoms with Gasteiger partial charge in [0.1, 0.15) is 24.2 Å². The molecule has 5 aromatic rings. The maximum absolute atomic E-state index is 14.3. The highest BCUT2D eigenvalue weighted by Gasteiger charge is 2.45. The van der Waals surface area contributed by atoms with Crippen molar-refractivity contribution in [2.45, 2.75) is 143 Å². The maximum Gasteiger partial charge on any atom is 0.246 e. The Morgan fingerprint density at radius 2 is 1.62 bits per heavy atom. The summed E-state index contributed by atoms with van der Waals surface area (Å²) in [5.41, 5.74) is 10.8. The standard InChI is InChI=1S/C56H64ClN9O5S2/c1-29-22-43(54(69)60-31(3)36-12-14-38(15-13-36)51-33(5)59-28-72-51)66(27-29)55(70)53(56(7,8)9)63-44(67)20-10-35-11-21-46(58-26-35)71-41-23-40(24-41)61-45(68)25-42-50-48(32(4)64-65-50)52-47(30(2)34(6)73-52)49(62-42)37-16-18-39(57)19-17-37/h11-19,21,26,28-29,31,40-43,48,53H,10,20,22-25,27H2,1-9H3,(H,60,69)(H,61,68)(H,63,67)/t29-,31+,40?,41?,42+,43+,48?,53-/m1/s1. The number of carbonyl (C=O) groups is 4. The van der Waals surface area contributed by atoms with Crippen molar-refractivity contribution in [3.8, 4) is 16.3 Å². The number of likely N-dealkylation sites (tertiary alicyclic amines) is 1. The number of nitrogens with zero attached hydrogens (tertiary/aromatic N) is 6. The number of aromatic nitrogens is 2. The molecule has 0 radical (unpaired) electrons. The Balaban J connectivity index is 0.746. The fraction of sp³-hybridized carbons (Fsp3) is 0.446. The molecule has 1 aliphatic carbocycles. The number of nitrogens with one attached hydrogen (secondary N) is 3. The maximum atomic E-state index is 14.3. The molecule has 2 fully saturated rings. The number of thiazole rings is 1. The molecule has 17 heteroatoms. The van der Waals surface area contributed by atoms with Crippen molar-refractivity contribution in [2.75, 3.05) is 6.54 Å². The Labute approximate surface area is 440 Å². The second-order valence-electron chi connectivity index (χ2n) is 21.2. The molecule has 6 heterocycles. The molecule has 73 heavy (non-hydrogen) atoms. The zero-order chi connectivity index (χ0) is 51.9. The van der Waals surface area contributed by atoms with Crippen LogP contribution in [-0.2, 0) is 25.6 Å². The second kappa shape index (κ2) is 21.4. The molecule has 4 amide bonds. The number of aliphatic imine (C=N–C) groups is 1. The monoisotopic (exact) mass is 1040 g/mol. The van der Waals surface area contributed by atoms with Gasteiger partial charge in [0.2, 0.25) is 29.5 Å². The molecule has 1 saturated heterocycles. The Kier molecular flexibility index (Phi) is 15.2. The van der Waals surface area contributed by atoms with E-state index >= 15 is 0 Å². The van der Waals surface area contributed by atoms with Gasteiger partial charge in [-0.2, -0.15) is 10.2 Å². The Morgan fingerprint density at radius 1 is 0.890 bits per heavy atom. The van der Waals surface area contributed by atoms with Crippen LogP contribution in [-0.4, -0.2) is 92.4 Å². The minimum atomic E-state index is -0.833. The third-order valence-corrected chi connectivity index (χ3v) is 17.0. The molecule has 1 saturated carbocycles. The van der Waals surface area contributed by atoms with E-state index in [1.807, 2.05) is 109 Å². The molecule has 6 atom stereocenters. The summed E-state index contributed by atoms with van der Waals surface area (Å²) in [6, 6.07) is 17.2. The predicted molar refractivity (Wildman–Crippen MR) is 290 cm³/mol. The lowest BCUT2D eigenvalue weighted by atomic mass is 9.85. The van der Waals surface area contributed by atoms with Crippen molar-refractivity contribution in [1.29, 1.82) is 0 Å². The second-order valence-corrected chi connectivity index (χ2v) is 23.8. The number of aryl methyl sites for hydroxylation is 3. The zero-order valence-corrected chi connectivity index (χ0v) is 45.3. The minimum absolute atomic E-state index is 0.0514. The van der Waals surface area contributed by atoms with Crippen LogP contribution in [0.5, 0.6) is 5.88 Å². The lowest BCUT2D eigenvalue weighted by Gasteiger charge is -2.35. The van der Waals surface area contributed by atoms with E-state index in [4.69, 9.17) is 21.3 Å². The topological polar surface area (TPSA) is 180 Å². The third-order valence-electron chi connectivity index (χ3n) is 14.5. The van der Waals surface area contributed by atoms with Crippen LogP contribution in [0.15, 0.2) is 87.6 Å². The van der Waals surface area contributed by atoms with Gasteiger partial charge in [-0.05, 0) is 93.2 Å². The first-order valence-corrected chi connectivity index (χ1v) is 27.3. The fourth-order valence-electron chi connectivity index (χ4n) is 10.2. The van der Waals surface area contributed by atoms with Crippen LogP contribution >= 0.6 is 34.3 Å². The van der Waals surface area contributed by atoms with Gasteiger partial charge in [-0.3, -0.25) is 24.2 Å². The van der Waals surface area contributed by atoms with Gasteiger partial charge in [0, 0.05) is 70.0 Å². The predicted octanol–water partition coefficient (Wildman–Crippen LogP) is 9.67. The molecular weight excluding hydrogens is 978 g/mol. The average Bonchev–Trinajstić information content (AvgIpc) is 4.11. The third kappa shape index (κ3) is 11.4. The average molecular weight is 1040 g/mol. The van der Waals surface area contributed by atoms with Gasteiger partial charge in [0.15, 0.2) is 0 Å². The first-order valence-electron chi connectivity index (χ1n) is 25.2. The molecule has 1 unspecified atom stereocenters. The largest absolute Gasteiger partial charge is 0.474 e. The molecule has 3 aromatic heterocycles. The Morgan fingerprint density at radius 3 is 2.29 bits per heavy atom. The number of pyridine rings is 1. The van der Waals surface area contributed by atoms with Crippen LogP contribution in [0.4, 0.5) is 0 Å². The highest BCUT2D eigenvalue weighted by Crippen LogP contribution is 2.42. The van der Waals surface area contributed by atoms with Gasteiger partial charge in [0.25, 0.3) is 0 Å². The smallest absolute Gasteiger partial charge is 0.246 e. The van der Waals surface area contributed by atoms with Crippen LogP contribution in [0.1, 0.15) is 129 Å². The molecule has 3 aliphatic heterocycles. The van der Waals surface area contributed by atoms with Gasteiger partial charge >= 0.3 is 0 Å². The molecule has 0 bridgehead atoms. The van der Waals surface area contributed by atoms with E-state index in [0.29, 0.717) is 43.1 Å². The number of rotatable bonds is 15. The van der Waals surface area contributed by atoms with Crippen LogP contribution in [0, 0.1) is 32.1 Å². The summed E-state index contributed by atoms with van der Waals surface area (Å²) in [5.74, 6) is -0.369. The minimum Gasteiger partial charge on any atom is -0.474 e. The first-order chi connectivity index (χ1) is 34.8. The van der Waals surface area contributed by atoms with Crippen molar-refractivity contribution >= 4 is 75.0 Å². The van der Waals surface area contributed by atoms with Crippen LogP contribution in [0.2, 0.25) is 5.02 Å². The van der Waals surface area contributed by atoms with E-state index < -0.39 is 23.5 Å². The first kappa shape index (κ1) is 51.8. The number of halogens is 1. The lowest BCUT2D eigenvalue weighted by molar-refractivity contribution is -0.144. The molecular formula is C56H64ClN9O5S2. The van der Waals surface area contributed by atoms with Crippen molar-refractivity contribution in [2.24, 2.45) is 26.5 Å².